The maximum Gasteiger partial charge on any atom is 0.277 e. The molecule has 0 N–H and O–H groups in total. The molecule has 0 aromatic carbocycles. The molecule has 3 aromatic heterocycles. The van der Waals surface area contributed by atoms with E-state index in [1.54, 1.807) is 12.4 Å². The van der Waals surface area contributed by atoms with E-state index < -0.39 is 0 Å². The summed E-state index contributed by atoms with van der Waals surface area (Å²) < 4.78 is 10.8. The molecule has 3 rings (SSSR count). The molecule has 21 heavy (non-hydrogen) atoms. The second-order valence-electron chi connectivity index (χ2n) is 4.27. The first-order valence-corrected chi connectivity index (χ1v) is 7.37. The lowest BCUT2D eigenvalue weighted by molar-refractivity contribution is 0.374. The van der Waals surface area contributed by atoms with Gasteiger partial charge in [0.15, 0.2) is 5.82 Å². The molecule has 1 unspecified atom stereocenters. The van der Waals surface area contributed by atoms with Crippen LogP contribution in [0.25, 0.3) is 11.5 Å². The largest absolute Gasteiger partial charge is 0.411 e. The first-order chi connectivity index (χ1) is 10.3. The van der Waals surface area contributed by atoms with Crippen LogP contribution in [0, 0.1) is 0 Å². The molecule has 0 spiro atoms. The molecule has 8 heteroatoms. The van der Waals surface area contributed by atoms with Gasteiger partial charge in [0.1, 0.15) is 0 Å². The zero-order valence-electron chi connectivity index (χ0n) is 11.6. The highest BCUT2D eigenvalue weighted by Gasteiger charge is 2.19. The van der Waals surface area contributed by atoms with E-state index in [4.69, 9.17) is 8.94 Å². The number of nitrogens with zero attached hydrogens (tertiary/aromatic N) is 5. The van der Waals surface area contributed by atoms with Crippen molar-refractivity contribution in [1.82, 2.24) is 25.3 Å². The van der Waals surface area contributed by atoms with Gasteiger partial charge in [-0.3, -0.25) is 4.98 Å². The molecule has 1 atom stereocenters. The lowest BCUT2D eigenvalue weighted by Gasteiger charge is -2.00. The van der Waals surface area contributed by atoms with Crippen molar-refractivity contribution in [2.75, 3.05) is 0 Å². The molecule has 0 saturated carbocycles. The van der Waals surface area contributed by atoms with Crippen LogP contribution in [0.15, 0.2) is 38.7 Å². The van der Waals surface area contributed by atoms with Gasteiger partial charge in [-0.1, -0.05) is 23.8 Å². The van der Waals surface area contributed by atoms with E-state index in [2.05, 4.69) is 25.3 Å². The van der Waals surface area contributed by atoms with Gasteiger partial charge in [-0.2, -0.15) is 4.98 Å². The van der Waals surface area contributed by atoms with Crippen molar-refractivity contribution in [1.29, 1.82) is 0 Å². The van der Waals surface area contributed by atoms with Crippen LogP contribution in [-0.2, 0) is 6.42 Å². The molecule has 0 saturated heterocycles. The minimum absolute atomic E-state index is 0.0523. The van der Waals surface area contributed by atoms with E-state index in [-0.39, 0.29) is 5.25 Å². The highest BCUT2D eigenvalue weighted by Crippen LogP contribution is 2.34. The van der Waals surface area contributed by atoms with Crippen molar-refractivity contribution in [2.45, 2.75) is 30.7 Å². The number of pyridine rings is 1. The zero-order valence-corrected chi connectivity index (χ0v) is 12.4. The van der Waals surface area contributed by atoms with Crippen LogP contribution < -0.4 is 0 Å². The Morgan fingerprint density at radius 1 is 1.24 bits per heavy atom. The Hall–Kier alpha value is -2.22. The lowest BCUT2D eigenvalue weighted by atomic mass is 10.3. The van der Waals surface area contributed by atoms with Gasteiger partial charge < -0.3 is 8.94 Å². The Morgan fingerprint density at radius 3 is 2.76 bits per heavy atom. The Bertz CT molecular complexity index is 712. The van der Waals surface area contributed by atoms with E-state index in [9.17, 15) is 0 Å². The Kier molecular flexibility index (Phi) is 3.96. The quantitative estimate of drug-likeness (QED) is 0.664. The molecule has 3 heterocycles. The Morgan fingerprint density at radius 2 is 2.05 bits per heavy atom. The van der Waals surface area contributed by atoms with Gasteiger partial charge >= 0.3 is 0 Å². The average Bonchev–Trinajstić information content (AvgIpc) is 3.17. The molecule has 108 valence electrons. The lowest BCUT2D eigenvalue weighted by Crippen LogP contribution is -1.90. The van der Waals surface area contributed by atoms with Gasteiger partial charge in [0, 0.05) is 24.4 Å². The van der Waals surface area contributed by atoms with Crippen LogP contribution in [0.3, 0.4) is 0 Å². The monoisotopic (exact) mass is 303 g/mol. The van der Waals surface area contributed by atoms with Crippen molar-refractivity contribution in [3.05, 3.63) is 36.2 Å². The maximum absolute atomic E-state index is 5.62. The van der Waals surface area contributed by atoms with E-state index in [0.717, 1.165) is 12.0 Å². The molecule has 0 aliphatic carbocycles. The highest BCUT2D eigenvalue weighted by atomic mass is 32.2. The third-order valence-electron chi connectivity index (χ3n) is 2.76. The number of thioether (sulfide) groups is 1. The second-order valence-corrected chi connectivity index (χ2v) is 5.56. The summed E-state index contributed by atoms with van der Waals surface area (Å²) in [7, 11) is 0. The van der Waals surface area contributed by atoms with E-state index >= 15 is 0 Å². The minimum Gasteiger partial charge on any atom is -0.411 e. The van der Waals surface area contributed by atoms with Gasteiger partial charge in [0.2, 0.25) is 11.8 Å². The summed E-state index contributed by atoms with van der Waals surface area (Å²) in [6, 6.07) is 3.63. The molecule has 0 amide bonds. The summed E-state index contributed by atoms with van der Waals surface area (Å²) in [6.45, 7) is 3.93. The van der Waals surface area contributed by atoms with Gasteiger partial charge in [0.25, 0.3) is 5.22 Å². The molecular formula is C13H13N5O2S. The SMILES string of the molecule is CCc1noc(C(C)Sc2nnc(-c3ccncc3)o2)n1. The molecule has 0 aliphatic rings. The van der Waals surface area contributed by atoms with E-state index in [0.29, 0.717) is 22.8 Å². The summed E-state index contributed by atoms with van der Waals surface area (Å²) >= 11 is 1.38. The summed E-state index contributed by atoms with van der Waals surface area (Å²) in [4.78, 5) is 8.25. The first kappa shape index (κ1) is 13.7. The minimum atomic E-state index is -0.0523. The van der Waals surface area contributed by atoms with Gasteiger partial charge in [-0.15, -0.1) is 10.2 Å². The first-order valence-electron chi connectivity index (χ1n) is 6.49. The van der Waals surface area contributed by atoms with Gasteiger partial charge in [0.05, 0.1) is 5.25 Å². The third-order valence-corrected chi connectivity index (χ3v) is 3.68. The smallest absolute Gasteiger partial charge is 0.277 e. The van der Waals surface area contributed by atoms with Crippen molar-refractivity contribution in [2.24, 2.45) is 0 Å². The predicted molar refractivity (Wildman–Crippen MR) is 75.5 cm³/mol. The third kappa shape index (κ3) is 3.10. The summed E-state index contributed by atoms with van der Waals surface area (Å²) in [6.07, 6.45) is 4.10. The van der Waals surface area contributed by atoms with Crippen molar-refractivity contribution in [3.8, 4) is 11.5 Å². The summed E-state index contributed by atoms with van der Waals surface area (Å²) in [5.74, 6) is 1.72. The second kappa shape index (κ2) is 6.04. The fourth-order valence-electron chi connectivity index (χ4n) is 1.65. The average molecular weight is 303 g/mol. The van der Waals surface area contributed by atoms with Crippen molar-refractivity contribution >= 4 is 11.8 Å². The number of hydrogen-bond donors (Lipinski definition) is 0. The molecule has 3 aromatic rings. The highest BCUT2D eigenvalue weighted by molar-refractivity contribution is 7.99. The van der Waals surface area contributed by atoms with E-state index in [1.165, 1.54) is 11.8 Å². The van der Waals surface area contributed by atoms with Gasteiger partial charge in [-0.25, -0.2) is 0 Å². The Labute approximate surface area is 125 Å². The van der Waals surface area contributed by atoms with Crippen molar-refractivity contribution in [3.63, 3.8) is 0 Å². The molecule has 7 nitrogen and oxygen atoms in total. The number of aryl methyl sites for hydroxylation is 1. The molecule has 0 bridgehead atoms. The number of aromatic nitrogens is 5. The van der Waals surface area contributed by atoms with Crippen LogP contribution in [-0.4, -0.2) is 25.3 Å². The molecular weight excluding hydrogens is 290 g/mol. The molecule has 0 aliphatic heterocycles. The zero-order chi connectivity index (χ0) is 14.7. The topological polar surface area (TPSA) is 90.7 Å². The molecule has 0 radical (unpaired) electrons. The molecule has 0 fully saturated rings. The summed E-state index contributed by atoms with van der Waals surface area (Å²) in [5.41, 5.74) is 0.836. The van der Waals surface area contributed by atoms with Crippen LogP contribution in [0.1, 0.15) is 30.8 Å². The fourth-order valence-corrected chi connectivity index (χ4v) is 2.36. The number of rotatable bonds is 5. The van der Waals surface area contributed by atoms with Crippen molar-refractivity contribution < 1.29 is 8.94 Å². The number of hydrogen-bond acceptors (Lipinski definition) is 8. The predicted octanol–water partition coefficient (Wildman–Crippen LogP) is 2.93. The van der Waals surface area contributed by atoms with Crippen LogP contribution in [0.4, 0.5) is 0 Å². The normalized spacial score (nSPS) is 12.5. The maximum atomic E-state index is 5.62. The van der Waals surface area contributed by atoms with Gasteiger partial charge in [-0.05, 0) is 19.1 Å². The standard InChI is InChI=1S/C13H13N5O2S/c1-3-10-15-11(20-18-10)8(2)21-13-17-16-12(19-13)9-4-6-14-7-5-9/h4-8H,3H2,1-2H3. The van der Waals surface area contributed by atoms with E-state index in [1.807, 2.05) is 26.0 Å². The van der Waals surface area contributed by atoms with Crippen LogP contribution in [0.2, 0.25) is 0 Å². The summed E-state index contributed by atoms with van der Waals surface area (Å²) in [5, 5.41) is 12.3. The van der Waals surface area contributed by atoms with Crippen LogP contribution in [0.5, 0.6) is 0 Å². The Balaban J connectivity index is 1.72. The van der Waals surface area contributed by atoms with Crippen LogP contribution >= 0.6 is 11.8 Å². The fraction of sp³-hybridized carbons (Fsp3) is 0.308.